The quantitative estimate of drug-likeness (QED) is 0.377. The molecule has 2 aliphatic heterocycles. The first-order chi connectivity index (χ1) is 12.0. The first-order valence-electron chi connectivity index (χ1n) is 8.87. The average molecular weight is 348 g/mol. The van der Waals surface area contributed by atoms with E-state index in [2.05, 4.69) is 0 Å². The van der Waals surface area contributed by atoms with Gasteiger partial charge in [0, 0.05) is 12.5 Å². The van der Waals surface area contributed by atoms with E-state index >= 15 is 0 Å². The van der Waals surface area contributed by atoms with Crippen molar-refractivity contribution in [2.75, 3.05) is 13.1 Å². The van der Waals surface area contributed by atoms with Gasteiger partial charge in [0.05, 0.1) is 13.1 Å². The largest absolute Gasteiger partial charge is 0.536 e. The van der Waals surface area contributed by atoms with E-state index in [4.69, 9.17) is 20.2 Å². The number of rotatable bonds is 7. The molecule has 0 radical (unpaired) electrons. The molecule has 1 aromatic carbocycles. The predicted molar refractivity (Wildman–Crippen MR) is 93.2 cm³/mol. The molecule has 0 aromatic heterocycles. The zero-order valence-electron chi connectivity index (χ0n) is 14.3. The Labute approximate surface area is 147 Å². The molecule has 1 unspecified atom stereocenters. The summed E-state index contributed by atoms with van der Waals surface area (Å²) in [5.41, 5.74) is 6.34. The smallest absolute Gasteiger partial charge is 0.522 e. The number of amides is 1. The van der Waals surface area contributed by atoms with E-state index in [1.54, 1.807) is 11.0 Å². The van der Waals surface area contributed by atoms with Crippen LogP contribution in [0.25, 0.3) is 0 Å². The SMILES string of the molecule is NC(O)CCCCC(=O)N1CC(Oc2ccc3c(c2)OB(O)CC3)C1. The molecule has 0 spiro atoms. The summed E-state index contributed by atoms with van der Waals surface area (Å²) in [5, 5.41) is 18.6. The van der Waals surface area contributed by atoms with E-state index in [-0.39, 0.29) is 12.0 Å². The van der Waals surface area contributed by atoms with Crippen LogP contribution in [0, 0.1) is 0 Å². The summed E-state index contributed by atoms with van der Waals surface area (Å²) in [4.78, 5) is 13.8. The molecule has 0 aliphatic carbocycles. The van der Waals surface area contributed by atoms with Crippen LogP contribution < -0.4 is 15.1 Å². The number of aliphatic hydroxyl groups excluding tert-OH is 1. The Morgan fingerprint density at radius 1 is 1.44 bits per heavy atom. The summed E-state index contributed by atoms with van der Waals surface area (Å²) >= 11 is 0. The van der Waals surface area contributed by atoms with Crippen molar-refractivity contribution in [2.45, 2.75) is 50.8 Å². The maximum absolute atomic E-state index is 12.0. The minimum absolute atomic E-state index is 0.0126. The Morgan fingerprint density at radius 3 is 3.00 bits per heavy atom. The van der Waals surface area contributed by atoms with Crippen LogP contribution in [0.2, 0.25) is 6.32 Å². The summed E-state index contributed by atoms with van der Waals surface area (Å²) in [6.07, 6.45) is 3.08. The zero-order valence-corrected chi connectivity index (χ0v) is 14.3. The Morgan fingerprint density at radius 2 is 2.24 bits per heavy atom. The highest BCUT2D eigenvalue weighted by Crippen LogP contribution is 2.31. The summed E-state index contributed by atoms with van der Waals surface area (Å²) < 4.78 is 11.3. The topological polar surface area (TPSA) is 105 Å². The van der Waals surface area contributed by atoms with Crippen molar-refractivity contribution < 1.29 is 24.3 Å². The number of nitrogens with two attached hydrogens (primary N) is 1. The standard InChI is InChI=1S/C17H25BN2O5/c19-16(21)3-1-2-4-17(22)20-10-14(11-20)24-13-6-5-12-7-8-18(23)25-15(12)9-13/h5-6,9,14,16,21,23H,1-4,7-8,10-11,19H2. The maximum atomic E-state index is 12.0. The number of aryl methyl sites for hydroxylation is 1. The predicted octanol–water partition coefficient (Wildman–Crippen LogP) is 0.529. The van der Waals surface area contributed by atoms with Gasteiger partial charge >= 0.3 is 7.12 Å². The second-order valence-electron chi connectivity index (χ2n) is 6.73. The minimum atomic E-state index is -0.793. The maximum Gasteiger partial charge on any atom is 0.522 e. The van der Waals surface area contributed by atoms with Crippen molar-refractivity contribution in [1.82, 2.24) is 4.90 Å². The zero-order chi connectivity index (χ0) is 17.8. The number of fused-ring (bicyclic) bond motifs is 1. The van der Waals surface area contributed by atoms with Gasteiger partial charge in [-0.15, -0.1) is 0 Å². The van der Waals surface area contributed by atoms with Gasteiger partial charge in [0.15, 0.2) is 0 Å². The molecule has 25 heavy (non-hydrogen) atoms. The van der Waals surface area contributed by atoms with Crippen LogP contribution in [0.4, 0.5) is 0 Å². The van der Waals surface area contributed by atoms with Crippen LogP contribution in [-0.4, -0.2) is 53.5 Å². The van der Waals surface area contributed by atoms with Crippen molar-refractivity contribution >= 4 is 13.0 Å². The normalized spacial score (nSPS) is 18.2. The van der Waals surface area contributed by atoms with Crippen LogP contribution in [-0.2, 0) is 11.2 Å². The number of likely N-dealkylation sites (tertiary alicyclic amines) is 1. The number of carbonyl (C=O) groups is 1. The Balaban J connectivity index is 1.40. The Bertz CT molecular complexity index is 607. The number of benzene rings is 1. The van der Waals surface area contributed by atoms with Gasteiger partial charge in [-0.2, -0.15) is 0 Å². The lowest BCUT2D eigenvalue weighted by molar-refractivity contribution is -0.140. The van der Waals surface area contributed by atoms with Gasteiger partial charge < -0.3 is 30.2 Å². The van der Waals surface area contributed by atoms with Gasteiger partial charge in [-0.25, -0.2) is 0 Å². The lowest BCUT2D eigenvalue weighted by Crippen LogP contribution is -2.56. The number of hydrogen-bond acceptors (Lipinski definition) is 6. The highest BCUT2D eigenvalue weighted by Gasteiger charge is 2.32. The highest BCUT2D eigenvalue weighted by atomic mass is 16.5. The molecule has 1 amide bonds. The summed E-state index contributed by atoms with van der Waals surface area (Å²) in [6, 6.07) is 5.67. The van der Waals surface area contributed by atoms with Crippen LogP contribution in [0.1, 0.15) is 31.2 Å². The second-order valence-corrected chi connectivity index (χ2v) is 6.73. The molecule has 1 aromatic rings. The molecule has 1 fully saturated rings. The van der Waals surface area contributed by atoms with E-state index in [0.717, 1.165) is 24.8 Å². The molecule has 2 aliphatic rings. The Hall–Kier alpha value is -1.77. The van der Waals surface area contributed by atoms with Crippen molar-refractivity contribution in [3.8, 4) is 11.5 Å². The van der Waals surface area contributed by atoms with Crippen molar-refractivity contribution in [3.63, 3.8) is 0 Å². The molecule has 1 atom stereocenters. The van der Waals surface area contributed by atoms with E-state index in [1.165, 1.54) is 0 Å². The van der Waals surface area contributed by atoms with Gasteiger partial charge in [-0.1, -0.05) is 6.07 Å². The number of ether oxygens (including phenoxy) is 1. The van der Waals surface area contributed by atoms with Crippen molar-refractivity contribution in [1.29, 1.82) is 0 Å². The van der Waals surface area contributed by atoms with Crippen LogP contribution in [0.3, 0.4) is 0 Å². The number of carbonyl (C=O) groups excluding carboxylic acids is 1. The lowest BCUT2D eigenvalue weighted by Gasteiger charge is -2.39. The average Bonchev–Trinajstić information content (AvgIpc) is 2.53. The number of nitrogens with zero attached hydrogens (tertiary/aromatic N) is 1. The van der Waals surface area contributed by atoms with Gasteiger partial charge in [0.25, 0.3) is 0 Å². The molecule has 0 saturated carbocycles. The molecular weight excluding hydrogens is 323 g/mol. The van der Waals surface area contributed by atoms with E-state index in [0.29, 0.717) is 43.8 Å². The highest BCUT2D eigenvalue weighted by molar-refractivity contribution is 6.44. The molecule has 4 N–H and O–H groups in total. The third-order valence-corrected chi connectivity index (χ3v) is 4.61. The summed E-state index contributed by atoms with van der Waals surface area (Å²) in [7, 11) is -0.750. The molecule has 136 valence electrons. The van der Waals surface area contributed by atoms with Crippen molar-refractivity contribution in [2.24, 2.45) is 5.73 Å². The molecular formula is C17H25BN2O5. The monoisotopic (exact) mass is 348 g/mol. The molecule has 8 heteroatoms. The fraction of sp³-hybridized carbons (Fsp3) is 0.588. The first-order valence-corrected chi connectivity index (χ1v) is 8.87. The van der Waals surface area contributed by atoms with E-state index in [1.807, 2.05) is 12.1 Å². The number of aliphatic hydroxyl groups is 1. The van der Waals surface area contributed by atoms with Crippen LogP contribution in [0.15, 0.2) is 18.2 Å². The molecule has 1 saturated heterocycles. The Kier molecular flexibility index (Phi) is 5.83. The van der Waals surface area contributed by atoms with Gasteiger partial charge in [-0.05, 0) is 43.6 Å². The summed E-state index contributed by atoms with van der Waals surface area (Å²) in [6.45, 7) is 1.16. The van der Waals surface area contributed by atoms with E-state index in [9.17, 15) is 9.82 Å². The van der Waals surface area contributed by atoms with Crippen LogP contribution >= 0.6 is 0 Å². The van der Waals surface area contributed by atoms with E-state index < -0.39 is 13.3 Å². The summed E-state index contributed by atoms with van der Waals surface area (Å²) in [5.74, 6) is 1.48. The van der Waals surface area contributed by atoms with Crippen LogP contribution in [0.5, 0.6) is 11.5 Å². The third-order valence-electron chi connectivity index (χ3n) is 4.61. The number of hydrogen-bond donors (Lipinski definition) is 3. The second kappa shape index (κ2) is 8.08. The van der Waals surface area contributed by atoms with Gasteiger partial charge in [0.1, 0.15) is 23.8 Å². The van der Waals surface area contributed by atoms with Crippen molar-refractivity contribution in [3.05, 3.63) is 23.8 Å². The minimum Gasteiger partial charge on any atom is -0.536 e. The first kappa shape index (κ1) is 18.0. The fourth-order valence-electron chi connectivity index (χ4n) is 3.11. The number of unbranched alkanes of at least 4 members (excludes halogenated alkanes) is 1. The molecule has 3 rings (SSSR count). The van der Waals surface area contributed by atoms with Gasteiger partial charge in [0.2, 0.25) is 5.91 Å². The molecule has 2 heterocycles. The molecule has 0 bridgehead atoms. The third kappa shape index (κ3) is 4.87. The lowest BCUT2D eigenvalue weighted by atomic mass is 9.79. The van der Waals surface area contributed by atoms with Gasteiger partial charge in [-0.3, -0.25) is 4.79 Å². The molecule has 7 nitrogen and oxygen atoms in total. The fourth-order valence-corrected chi connectivity index (χ4v) is 3.11.